The third-order valence-electron chi connectivity index (χ3n) is 1.98. The Kier molecular flexibility index (Phi) is 10.9. The van der Waals surface area contributed by atoms with Crippen molar-refractivity contribution in [3.8, 4) is 0 Å². The van der Waals surface area contributed by atoms with E-state index in [2.05, 4.69) is 32.9 Å². The van der Waals surface area contributed by atoms with E-state index >= 15 is 0 Å². The zero-order valence-electron chi connectivity index (χ0n) is 9.96. The van der Waals surface area contributed by atoms with E-state index in [9.17, 15) is 0 Å². The Balaban J connectivity index is 0. The quantitative estimate of drug-likeness (QED) is 0.517. The van der Waals surface area contributed by atoms with E-state index < -0.39 is 0 Å². The lowest BCUT2D eigenvalue weighted by Gasteiger charge is -2.03. The highest BCUT2D eigenvalue weighted by Gasteiger charge is 1.97. The zero-order valence-corrected chi connectivity index (χ0v) is 9.96. The first-order valence-corrected chi connectivity index (χ1v) is 5.46. The van der Waals surface area contributed by atoms with Gasteiger partial charge in [0.15, 0.2) is 0 Å². The summed E-state index contributed by atoms with van der Waals surface area (Å²) in [5, 5.41) is 7.26. The van der Waals surface area contributed by atoms with Crippen molar-refractivity contribution in [2.24, 2.45) is 11.7 Å². The van der Waals surface area contributed by atoms with Crippen molar-refractivity contribution in [3.05, 3.63) is 35.6 Å². The van der Waals surface area contributed by atoms with E-state index in [1.54, 1.807) is 0 Å². The molecule has 3 N–H and O–H groups in total. The molecular formula is C14H26N2. The van der Waals surface area contributed by atoms with Crippen LogP contribution in [0.2, 0.25) is 0 Å². The van der Waals surface area contributed by atoms with E-state index in [-0.39, 0.29) is 7.43 Å². The molecule has 0 bridgehead atoms. The van der Waals surface area contributed by atoms with Gasteiger partial charge in [0.25, 0.3) is 0 Å². The minimum absolute atomic E-state index is 0. The number of nitrogens with one attached hydrogen (secondary N) is 1. The third kappa shape index (κ3) is 7.04. The predicted octanol–water partition coefficient (Wildman–Crippen LogP) is 4.05. The van der Waals surface area contributed by atoms with Gasteiger partial charge in [-0.15, -0.1) is 0 Å². The number of allylic oxidation sites excluding steroid dienone is 5. The van der Waals surface area contributed by atoms with Crippen molar-refractivity contribution in [2.75, 3.05) is 0 Å². The third-order valence-corrected chi connectivity index (χ3v) is 1.98. The molecule has 0 fully saturated rings. The van der Waals surface area contributed by atoms with E-state index in [4.69, 9.17) is 11.1 Å². The first-order valence-electron chi connectivity index (χ1n) is 5.46. The molecule has 16 heavy (non-hydrogen) atoms. The monoisotopic (exact) mass is 222 g/mol. The van der Waals surface area contributed by atoms with E-state index in [1.165, 1.54) is 12.4 Å². The molecule has 0 saturated carbocycles. The molecular weight excluding hydrogens is 196 g/mol. The van der Waals surface area contributed by atoms with Crippen LogP contribution in [0.3, 0.4) is 0 Å². The summed E-state index contributed by atoms with van der Waals surface area (Å²) in [7, 11) is 0. The van der Waals surface area contributed by atoms with Crippen LogP contribution in [0.15, 0.2) is 35.6 Å². The number of unbranched alkanes of at least 4 members (excludes halogenated alkanes) is 1. The lowest BCUT2D eigenvalue weighted by atomic mass is 10.0. The molecule has 0 atom stereocenters. The van der Waals surface area contributed by atoms with Crippen LogP contribution in [-0.2, 0) is 0 Å². The van der Waals surface area contributed by atoms with Crippen LogP contribution in [0.4, 0.5) is 0 Å². The standard InChI is InChI=1S/C13H22N2.CH4/c1-4-5-6-12(8-7-11(2)3)13(9-14)10-15;/h6-11,14H,4-5,15H2,1-3H3;1H4/b8-7-,12-6-,13-10-,14-9?;. The number of hydrogen-bond donors (Lipinski definition) is 2. The maximum absolute atomic E-state index is 7.26. The molecule has 0 amide bonds. The topological polar surface area (TPSA) is 49.9 Å². The molecule has 0 aromatic rings. The van der Waals surface area contributed by atoms with E-state index in [1.807, 2.05) is 6.08 Å². The van der Waals surface area contributed by atoms with Gasteiger partial charge in [0.2, 0.25) is 0 Å². The summed E-state index contributed by atoms with van der Waals surface area (Å²) in [6, 6.07) is 0. The van der Waals surface area contributed by atoms with Crippen LogP contribution in [0.5, 0.6) is 0 Å². The van der Waals surface area contributed by atoms with Gasteiger partial charge in [-0.05, 0) is 17.9 Å². The van der Waals surface area contributed by atoms with Gasteiger partial charge < -0.3 is 11.1 Å². The van der Waals surface area contributed by atoms with Crippen molar-refractivity contribution < 1.29 is 0 Å². The van der Waals surface area contributed by atoms with Crippen molar-refractivity contribution in [3.63, 3.8) is 0 Å². The second-order valence-electron chi connectivity index (χ2n) is 3.82. The SMILES string of the molecule is C.CCC/C=C(/C=C\C(C)C)C(\C=N)=C/N. The normalized spacial score (nSPS) is 13.0. The van der Waals surface area contributed by atoms with Crippen molar-refractivity contribution in [2.45, 2.75) is 41.0 Å². The van der Waals surface area contributed by atoms with Gasteiger partial charge in [0.1, 0.15) is 0 Å². The van der Waals surface area contributed by atoms with Gasteiger partial charge in [-0.1, -0.05) is 52.8 Å². The molecule has 0 aliphatic rings. The van der Waals surface area contributed by atoms with Crippen LogP contribution in [0.25, 0.3) is 0 Å². The Morgan fingerprint density at radius 1 is 1.31 bits per heavy atom. The van der Waals surface area contributed by atoms with Crippen LogP contribution in [-0.4, -0.2) is 6.21 Å². The van der Waals surface area contributed by atoms with Gasteiger partial charge >= 0.3 is 0 Å². The molecule has 2 heteroatoms. The first kappa shape index (κ1) is 17.1. The fourth-order valence-corrected chi connectivity index (χ4v) is 1.11. The van der Waals surface area contributed by atoms with Gasteiger partial charge in [-0.2, -0.15) is 0 Å². The molecule has 0 spiro atoms. The highest BCUT2D eigenvalue weighted by atomic mass is 14.5. The second-order valence-corrected chi connectivity index (χ2v) is 3.82. The largest absolute Gasteiger partial charge is 0.404 e. The lowest BCUT2D eigenvalue weighted by Crippen LogP contribution is -1.94. The maximum Gasteiger partial charge on any atom is 0.0270 e. The average molecular weight is 222 g/mol. The molecule has 0 radical (unpaired) electrons. The van der Waals surface area contributed by atoms with Gasteiger partial charge in [0.05, 0.1) is 0 Å². The molecule has 0 aliphatic heterocycles. The Morgan fingerprint density at radius 3 is 2.31 bits per heavy atom. The molecule has 0 aromatic carbocycles. The smallest absolute Gasteiger partial charge is 0.0270 e. The zero-order chi connectivity index (χ0) is 11.7. The van der Waals surface area contributed by atoms with Crippen LogP contribution in [0.1, 0.15) is 41.0 Å². The second kappa shape index (κ2) is 10.2. The summed E-state index contributed by atoms with van der Waals surface area (Å²) in [6.07, 6.45) is 11.2. The lowest BCUT2D eigenvalue weighted by molar-refractivity contribution is 0.831. The average Bonchev–Trinajstić information content (AvgIpc) is 2.22. The Bertz CT molecular complexity index is 270. The van der Waals surface area contributed by atoms with Gasteiger partial charge in [-0.3, -0.25) is 0 Å². The van der Waals surface area contributed by atoms with Crippen LogP contribution in [0, 0.1) is 11.3 Å². The molecule has 0 aliphatic carbocycles. The van der Waals surface area contributed by atoms with Crippen LogP contribution >= 0.6 is 0 Å². The fraction of sp³-hybridized carbons (Fsp3) is 0.500. The molecule has 92 valence electrons. The molecule has 0 heterocycles. The van der Waals surface area contributed by atoms with Crippen molar-refractivity contribution in [1.29, 1.82) is 5.41 Å². The fourth-order valence-electron chi connectivity index (χ4n) is 1.11. The summed E-state index contributed by atoms with van der Waals surface area (Å²) in [5.41, 5.74) is 7.30. The summed E-state index contributed by atoms with van der Waals surface area (Å²) >= 11 is 0. The van der Waals surface area contributed by atoms with Crippen LogP contribution < -0.4 is 5.73 Å². The van der Waals surface area contributed by atoms with Crippen molar-refractivity contribution in [1.82, 2.24) is 0 Å². The minimum Gasteiger partial charge on any atom is -0.404 e. The molecule has 0 saturated heterocycles. The molecule has 0 aromatic heterocycles. The first-order chi connectivity index (χ1) is 7.15. The van der Waals surface area contributed by atoms with E-state index in [0.717, 1.165) is 24.0 Å². The van der Waals surface area contributed by atoms with Gasteiger partial charge in [0, 0.05) is 18.0 Å². The number of rotatable bonds is 6. The highest BCUT2D eigenvalue weighted by molar-refractivity contribution is 5.83. The molecule has 0 unspecified atom stereocenters. The number of nitrogens with two attached hydrogens (primary N) is 1. The summed E-state index contributed by atoms with van der Waals surface area (Å²) < 4.78 is 0. The Hall–Kier alpha value is -1.31. The molecule has 2 nitrogen and oxygen atoms in total. The van der Waals surface area contributed by atoms with Gasteiger partial charge in [-0.25, -0.2) is 0 Å². The molecule has 0 rings (SSSR count). The summed E-state index contributed by atoms with van der Waals surface area (Å²) in [5.74, 6) is 0.514. The number of hydrogen-bond acceptors (Lipinski definition) is 2. The van der Waals surface area contributed by atoms with E-state index in [0.29, 0.717) is 5.92 Å². The van der Waals surface area contributed by atoms with Crippen molar-refractivity contribution >= 4 is 6.21 Å². The minimum atomic E-state index is 0. The Morgan fingerprint density at radius 2 is 1.94 bits per heavy atom. The maximum atomic E-state index is 7.26. The Labute approximate surface area is 100 Å². The highest BCUT2D eigenvalue weighted by Crippen LogP contribution is 2.12. The summed E-state index contributed by atoms with van der Waals surface area (Å²) in [6.45, 7) is 6.39. The predicted molar refractivity (Wildman–Crippen MR) is 74.8 cm³/mol. The summed E-state index contributed by atoms with van der Waals surface area (Å²) in [4.78, 5) is 0.